The van der Waals surface area contributed by atoms with Crippen LogP contribution in [0.3, 0.4) is 0 Å². The topological polar surface area (TPSA) is 71.5 Å². The van der Waals surface area contributed by atoms with Crippen molar-refractivity contribution in [2.75, 3.05) is 16.8 Å². The van der Waals surface area contributed by atoms with E-state index in [9.17, 15) is 9.59 Å². The Bertz CT molecular complexity index is 1220. The molecule has 1 aromatic heterocycles. The van der Waals surface area contributed by atoms with Crippen LogP contribution in [0, 0.1) is 34.6 Å². The van der Waals surface area contributed by atoms with E-state index in [0.717, 1.165) is 43.5 Å². The molecule has 0 fully saturated rings. The summed E-state index contributed by atoms with van der Waals surface area (Å²) in [5.41, 5.74) is 6.32. The fraction of sp³-hybridized carbons (Fsp3) is 0.346. The standard InChI is InChI=1S/C26H29N3O3S/c1-7-21-26(31)29(13-23(30)28-24-15(3)10-14(2)11-16(24)4)20-12-19(8-9-22(20)32-21)25-17(5)33-18(6)27-25/h8-12,21H,7,13H2,1-6H3,(H,28,30). The fourth-order valence-corrected chi connectivity index (χ4v) is 5.23. The molecule has 0 saturated carbocycles. The normalized spacial score (nSPS) is 15.3. The van der Waals surface area contributed by atoms with Crippen LogP contribution in [0.15, 0.2) is 30.3 Å². The Morgan fingerprint density at radius 1 is 1.12 bits per heavy atom. The van der Waals surface area contributed by atoms with Gasteiger partial charge in [0.05, 0.1) is 16.4 Å². The molecule has 1 aliphatic rings. The highest BCUT2D eigenvalue weighted by atomic mass is 32.1. The van der Waals surface area contributed by atoms with Gasteiger partial charge in [0, 0.05) is 16.1 Å². The lowest BCUT2D eigenvalue weighted by Gasteiger charge is -2.34. The van der Waals surface area contributed by atoms with Crippen molar-refractivity contribution < 1.29 is 14.3 Å². The van der Waals surface area contributed by atoms with Crippen LogP contribution in [-0.2, 0) is 9.59 Å². The van der Waals surface area contributed by atoms with E-state index in [2.05, 4.69) is 10.3 Å². The van der Waals surface area contributed by atoms with Crippen LogP contribution < -0.4 is 15.0 Å². The Morgan fingerprint density at radius 3 is 2.42 bits per heavy atom. The third-order valence-electron chi connectivity index (χ3n) is 5.85. The molecule has 0 saturated heterocycles. The highest BCUT2D eigenvalue weighted by Crippen LogP contribution is 2.39. The molecule has 2 amide bonds. The molecule has 1 atom stereocenters. The van der Waals surface area contributed by atoms with Crippen molar-refractivity contribution in [1.82, 2.24) is 4.98 Å². The van der Waals surface area contributed by atoms with Gasteiger partial charge in [0.1, 0.15) is 12.3 Å². The van der Waals surface area contributed by atoms with Gasteiger partial charge in [-0.05, 0) is 70.4 Å². The second kappa shape index (κ2) is 8.98. The van der Waals surface area contributed by atoms with Crippen LogP contribution in [0.25, 0.3) is 11.3 Å². The van der Waals surface area contributed by atoms with Gasteiger partial charge in [-0.1, -0.05) is 24.6 Å². The number of rotatable bonds is 5. The number of carbonyl (C=O) groups is 2. The molecule has 1 aliphatic heterocycles. The SMILES string of the molecule is CCC1Oc2ccc(-c3nc(C)sc3C)cc2N(CC(=O)Nc2c(C)cc(C)cc2C)C1=O. The highest BCUT2D eigenvalue weighted by molar-refractivity contribution is 7.11. The maximum atomic E-state index is 13.2. The smallest absolute Gasteiger partial charge is 0.268 e. The number of aromatic nitrogens is 1. The molecule has 0 radical (unpaired) electrons. The first kappa shape index (κ1) is 23.0. The Labute approximate surface area is 198 Å². The van der Waals surface area contributed by atoms with Gasteiger partial charge in [-0.3, -0.25) is 14.5 Å². The van der Waals surface area contributed by atoms with Crippen molar-refractivity contribution in [2.45, 2.75) is 54.1 Å². The molecule has 33 heavy (non-hydrogen) atoms. The number of thiazole rings is 1. The van der Waals surface area contributed by atoms with E-state index in [1.165, 1.54) is 0 Å². The molecular formula is C26H29N3O3S. The summed E-state index contributed by atoms with van der Waals surface area (Å²) in [5.74, 6) is 0.151. The number of hydrogen-bond donors (Lipinski definition) is 1. The number of aryl methyl sites for hydroxylation is 5. The molecular weight excluding hydrogens is 434 g/mol. The number of ether oxygens (including phenoxy) is 1. The summed E-state index contributed by atoms with van der Waals surface area (Å²) in [6, 6.07) is 9.80. The molecule has 0 spiro atoms. The number of nitrogens with zero attached hydrogens (tertiary/aromatic N) is 2. The van der Waals surface area contributed by atoms with Crippen LogP contribution in [0.4, 0.5) is 11.4 Å². The van der Waals surface area contributed by atoms with Gasteiger partial charge < -0.3 is 10.1 Å². The Hall–Kier alpha value is -3.19. The minimum atomic E-state index is -0.609. The number of nitrogens with one attached hydrogen (secondary N) is 1. The largest absolute Gasteiger partial charge is 0.478 e. The van der Waals surface area contributed by atoms with E-state index in [-0.39, 0.29) is 18.4 Å². The average Bonchev–Trinajstić information content (AvgIpc) is 3.10. The minimum absolute atomic E-state index is 0.0863. The Balaban J connectivity index is 1.67. The Morgan fingerprint density at radius 2 is 1.82 bits per heavy atom. The van der Waals surface area contributed by atoms with Crippen molar-refractivity contribution in [3.63, 3.8) is 0 Å². The van der Waals surface area contributed by atoms with E-state index < -0.39 is 6.10 Å². The predicted octanol–water partition coefficient (Wildman–Crippen LogP) is 5.49. The Kier molecular flexibility index (Phi) is 6.26. The number of benzene rings is 2. The van der Waals surface area contributed by atoms with Crippen LogP contribution >= 0.6 is 11.3 Å². The molecule has 0 aliphatic carbocycles. The lowest BCUT2D eigenvalue weighted by atomic mass is 10.0. The number of amides is 2. The summed E-state index contributed by atoms with van der Waals surface area (Å²) in [5, 5.41) is 4.00. The summed E-state index contributed by atoms with van der Waals surface area (Å²) in [6.45, 7) is 11.8. The van der Waals surface area contributed by atoms with Gasteiger partial charge >= 0.3 is 0 Å². The predicted molar refractivity (Wildman–Crippen MR) is 133 cm³/mol. The van der Waals surface area contributed by atoms with Crippen molar-refractivity contribution >= 4 is 34.5 Å². The maximum absolute atomic E-state index is 13.2. The fourth-order valence-electron chi connectivity index (χ4n) is 4.39. The summed E-state index contributed by atoms with van der Waals surface area (Å²) >= 11 is 1.64. The number of fused-ring (bicyclic) bond motifs is 1. The quantitative estimate of drug-likeness (QED) is 0.543. The number of carbonyl (C=O) groups excluding carboxylic acids is 2. The zero-order valence-corrected chi connectivity index (χ0v) is 20.7. The molecule has 6 nitrogen and oxygen atoms in total. The van der Waals surface area contributed by atoms with Gasteiger partial charge in [-0.2, -0.15) is 0 Å². The summed E-state index contributed by atoms with van der Waals surface area (Å²) in [6.07, 6.45) is -0.0825. The molecule has 7 heteroatoms. The van der Waals surface area contributed by atoms with E-state index in [1.807, 2.05) is 71.9 Å². The van der Waals surface area contributed by atoms with Crippen molar-refractivity contribution in [1.29, 1.82) is 0 Å². The first-order valence-electron chi connectivity index (χ1n) is 11.1. The van der Waals surface area contributed by atoms with E-state index in [4.69, 9.17) is 4.74 Å². The van der Waals surface area contributed by atoms with Crippen LogP contribution in [0.1, 0.15) is 39.9 Å². The second-order valence-electron chi connectivity index (χ2n) is 8.58. The molecule has 2 heterocycles. The number of anilines is 2. The zero-order valence-electron chi connectivity index (χ0n) is 19.9. The molecule has 0 bridgehead atoms. The maximum Gasteiger partial charge on any atom is 0.268 e. The monoisotopic (exact) mass is 463 g/mol. The first-order chi connectivity index (χ1) is 15.7. The second-order valence-corrected chi connectivity index (χ2v) is 9.99. The van der Waals surface area contributed by atoms with Crippen LogP contribution in [-0.4, -0.2) is 29.4 Å². The van der Waals surface area contributed by atoms with Gasteiger partial charge in [0.25, 0.3) is 5.91 Å². The zero-order chi connectivity index (χ0) is 23.9. The molecule has 172 valence electrons. The third kappa shape index (κ3) is 4.50. The van der Waals surface area contributed by atoms with E-state index >= 15 is 0 Å². The molecule has 1 N–H and O–H groups in total. The molecule has 4 rings (SSSR count). The average molecular weight is 464 g/mol. The lowest BCUT2D eigenvalue weighted by Crippen LogP contribution is -2.48. The van der Waals surface area contributed by atoms with Crippen molar-refractivity contribution in [3.05, 3.63) is 56.9 Å². The van der Waals surface area contributed by atoms with Crippen molar-refractivity contribution in [2.24, 2.45) is 0 Å². The van der Waals surface area contributed by atoms with Crippen LogP contribution in [0.5, 0.6) is 5.75 Å². The lowest BCUT2D eigenvalue weighted by molar-refractivity contribution is -0.128. The molecule has 3 aromatic rings. The summed E-state index contributed by atoms with van der Waals surface area (Å²) < 4.78 is 5.96. The van der Waals surface area contributed by atoms with Gasteiger partial charge in [0.15, 0.2) is 6.10 Å². The van der Waals surface area contributed by atoms with Crippen molar-refractivity contribution in [3.8, 4) is 17.0 Å². The van der Waals surface area contributed by atoms with Crippen LogP contribution in [0.2, 0.25) is 0 Å². The summed E-state index contributed by atoms with van der Waals surface area (Å²) in [7, 11) is 0. The first-order valence-corrected chi connectivity index (χ1v) is 11.9. The minimum Gasteiger partial charge on any atom is -0.478 e. The molecule has 1 unspecified atom stereocenters. The summed E-state index contributed by atoms with van der Waals surface area (Å²) in [4.78, 5) is 33.6. The van der Waals surface area contributed by atoms with Gasteiger partial charge in [-0.25, -0.2) is 4.98 Å². The molecule has 2 aromatic carbocycles. The number of hydrogen-bond acceptors (Lipinski definition) is 5. The third-order valence-corrected chi connectivity index (χ3v) is 6.74. The highest BCUT2D eigenvalue weighted by Gasteiger charge is 2.35. The van der Waals surface area contributed by atoms with Gasteiger partial charge in [0.2, 0.25) is 5.91 Å². The van der Waals surface area contributed by atoms with E-state index in [0.29, 0.717) is 17.9 Å². The van der Waals surface area contributed by atoms with E-state index in [1.54, 1.807) is 16.2 Å². The van der Waals surface area contributed by atoms with Gasteiger partial charge in [-0.15, -0.1) is 11.3 Å².